The zero-order valence-electron chi connectivity index (χ0n) is 15.5. The fourth-order valence-corrected chi connectivity index (χ4v) is 2.44. The summed E-state index contributed by atoms with van der Waals surface area (Å²) in [6, 6.07) is 7.65. The highest BCUT2D eigenvalue weighted by atomic mass is 127. The molecule has 0 fully saturated rings. The molecule has 0 spiro atoms. The highest BCUT2D eigenvalue weighted by molar-refractivity contribution is 14.0. The molecule has 1 aromatic heterocycles. The van der Waals surface area contributed by atoms with E-state index in [0.29, 0.717) is 5.56 Å². The first-order valence-corrected chi connectivity index (χ1v) is 8.37. The maximum atomic E-state index is 11.7. The van der Waals surface area contributed by atoms with Crippen LogP contribution in [0.2, 0.25) is 0 Å². The van der Waals surface area contributed by atoms with Crippen LogP contribution in [0.25, 0.3) is 0 Å². The Morgan fingerprint density at radius 1 is 1.27 bits per heavy atom. The Morgan fingerprint density at radius 2 is 2.04 bits per heavy atom. The quantitative estimate of drug-likeness (QED) is 0.326. The minimum atomic E-state index is -0.0684. The van der Waals surface area contributed by atoms with Crippen molar-refractivity contribution < 1.29 is 4.79 Å². The summed E-state index contributed by atoms with van der Waals surface area (Å²) in [5.41, 5.74) is 2.94. The second-order valence-corrected chi connectivity index (χ2v) is 5.74. The first-order valence-electron chi connectivity index (χ1n) is 8.37. The van der Waals surface area contributed by atoms with E-state index < -0.39 is 0 Å². The predicted octanol–water partition coefficient (Wildman–Crippen LogP) is 1.58. The van der Waals surface area contributed by atoms with Crippen molar-refractivity contribution in [2.24, 2.45) is 4.99 Å². The fraction of sp³-hybridized carbons (Fsp3) is 0.389. The Labute approximate surface area is 171 Å². The molecular formula is C18H27IN6O. The smallest absolute Gasteiger partial charge is 0.251 e. The summed E-state index contributed by atoms with van der Waals surface area (Å²) in [6.07, 6.45) is 4.67. The predicted molar refractivity (Wildman–Crippen MR) is 115 cm³/mol. The Hall–Kier alpha value is -2.10. The summed E-state index contributed by atoms with van der Waals surface area (Å²) < 4.78 is 1.90. The lowest BCUT2D eigenvalue weighted by Crippen LogP contribution is -2.39. The zero-order chi connectivity index (χ0) is 18.1. The minimum Gasteiger partial charge on any atom is -0.356 e. The Bertz CT molecular complexity index is 728. The molecule has 2 rings (SSSR count). The maximum absolute atomic E-state index is 11.7. The number of halogens is 1. The molecule has 3 N–H and O–H groups in total. The number of aliphatic imine (C=N–C) groups is 1. The van der Waals surface area contributed by atoms with Crippen LogP contribution in [0.4, 0.5) is 0 Å². The number of aromatic nitrogens is 2. The van der Waals surface area contributed by atoms with Crippen molar-refractivity contribution in [3.8, 4) is 0 Å². The van der Waals surface area contributed by atoms with Gasteiger partial charge in [-0.15, -0.1) is 24.0 Å². The van der Waals surface area contributed by atoms with Gasteiger partial charge in [-0.3, -0.25) is 14.5 Å². The van der Waals surface area contributed by atoms with Crippen LogP contribution in [0.15, 0.2) is 41.7 Å². The Balaban J connectivity index is 0.00000338. The third-order valence-electron chi connectivity index (χ3n) is 3.74. The number of benzene rings is 1. The van der Waals surface area contributed by atoms with Crippen LogP contribution < -0.4 is 16.0 Å². The van der Waals surface area contributed by atoms with Gasteiger partial charge >= 0.3 is 0 Å². The number of hydrogen-bond donors (Lipinski definition) is 3. The van der Waals surface area contributed by atoms with Crippen LogP contribution in [0.1, 0.15) is 21.5 Å². The molecule has 0 atom stereocenters. The van der Waals surface area contributed by atoms with Gasteiger partial charge in [-0.2, -0.15) is 5.10 Å². The van der Waals surface area contributed by atoms with Crippen molar-refractivity contribution in [2.45, 2.75) is 19.9 Å². The minimum absolute atomic E-state index is 0. The maximum Gasteiger partial charge on any atom is 0.251 e. The van der Waals surface area contributed by atoms with Gasteiger partial charge in [0.15, 0.2) is 5.96 Å². The Kier molecular flexibility index (Phi) is 9.71. The molecule has 1 amide bonds. The monoisotopic (exact) mass is 470 g/mol. The van der Waals surface area contributed by atoms with Crippen molar-refractivity contribution >= 4 is 35.8 Å². The van der Waals surface area contributed by atoms with Gasteiger partial charge in [0.25, 0.3) is 5.91 Å². The molecule has 0 aliphatic rings. The second kappa shape index (κ2) is 11.5. The molecule has 0 aliphatic heterocycles. The van der Waals surface area contributed by atoms with Gasteiger partial charge < -0.3 is 16.0 Å². The average molecular weight is 470 g/mol. The van der Waals surface area contributed by atoms with Crippen molar-refractivity contribution in [2.75, 3.05) is 27.2 Å². The second-order valence-electron chi connectivity index (χ2n) is 5.74. The van der Waals surface area contributed by atoms with E-state index in [1.165, 1.54) is 0 Å². The van der Waals surface area contributed by atoms with E-state index in [1.54, 1.807) is 14.1 Å². The molecule has 26 heavy (non-hydrogen) atoms. The zero-order valence-corrected chi connectivity index (χ0v) is 17.8. The summed E-state index contributed by atoms with van der Waals surface area (Å²) in [5.74, 6) is 0.687. The number of rotatable bonds is 7. The topological polar surface area (TPSA) is 83.3 Å². The van der Waals surface area contributed by atoms with Gasteiger partial charge in [0.1, 0.15) is 0 Å². The van der Waals surface area contributed by atoms with E-state index in [2.05, 4.69) is 26.0 Å². The summed E-state index contributed by atoms with van der Waals surface area (Å²) in [5, 5.41) is 13.4. The number of carbonyl (C=O) groups is 1. The van der Waals surface area contributed by atoms with Crippen molar-refractivity contribution in [3.63, 3.8) is 0 Å². The molecule has 1 heterocycles. The van der Waals surface area contributed by atoms with E-state index in [4.69, 9.17) is 0 Å². The summed E-state index contributed by atoms with van der Waals surface area (Å²) in [4.78, 5) is 15.9. The summed E-state index contributed by atoms with van der Waals surface area (Å²) in [7, 11) is 3.39. The Morgan fingerprint density at radius 3 is 2.69 bits per heavy atom. The van der Waals surface area contributed by atoms with Crippen LogP contribution in [0, 0.1) is 6.92 Å². The molecule has 8 heteroatoms. The highest BCUT2D eigenvalue weighted by Gasteiger charge is 2.04. The molecule has 0 aliphatic carbocycles. The van der Waals surface area contributed by atoms with E-state index in [0.717, 1.165) is 43.1 Å². The van der Waals surface area contributed by atoms with Crippen molar-refractivity contribution in [3.05, 3.63) is 53.3 Å². The molecule has 1 aromatic carbocycles. The van der Waals surface area contributed by atoms with Crippen LogP contribution in [-0.4, -0.2) is 48.8 Å². The molecule has 0 unspecified atom stereocenters. The first kappa shape index (κ1) is 21.9. The number of amides is 1. The first-order chi connectivity index (χ1) is 12.1. The summed E-state index contributed by atoms with van der Waals surface area (Å²) >= 11 is 0. The molecule has 2 aromatic rings. The highest BCUT2D eigenvalue weighted by Crippen LogP contribution is 2.05. The molecule has 0 saturated carbocycles. The fourth-order valence-electron chi connectivity index (χ4n) is 2.44. The molecule has 7 nitrogen and oxygen atoms in total. The largest absolute Gasteiger partial charge is 0.356 e. The van der Waals surface area contributed by atoms with Crippen LogP contribution in [-0.2, 0) is 13.0 Å². The van der Waals surface area contributed by atoms with Crippen LogP contribution >= 0.6 is 24.0 Å². The number of nitrogens with one attached hydrogen (secondary N) is 3. The van der Waals surface area contributed by atoms with Gasteiger partial charge in [-0.1, -0.05) is 12.1 Å². The number of nitrogens with zero attached hydrogens (tertiary/aromatic N) is 3. The average Bonchev–Trinajstić information content (AvgIpc) is 3.05. The van der Waals surface area contributed by atoms with Gasteiger partial charge in [0.05, 0.1) is 12.7 Å². The van der Waals surface area contributed by atoms with Crippen LogP contribution in [0.5, 0.6) is 0 Å². The molecule has 0 saturated heterocycles. The number of aryl methyl sites for hydroxylation is 1. The lowest BCUT2D eigenvalue weighted by atomic mass is 10.1. The van der Waals surface area contributed by atoms with E-state index in [-0.39, 0.29) is 29.9 Å². The van der Waals surface area contributed by atoms with Gasteiger partial charge in [-0.05, 0) is 36.6 Å². The number of carbonyl (C=O) groups excluding carboxylic acids is 1. The lowest BCUT2D eigenvalue weighted by molar-refractivity contribution is 0.0963. The normalized spacial score (nSPS) is 10.8. The van der Waals surface area contributed by atoms with Gasteiger partial charge in [0.2, 0.25) is 0 Å². The van der Waals surface area contributed by atoms with E-state index in [9.17, 15) is 4.79 Å². The number of hydrogen-bond acceptors (Lipinski definition) is 3. The van der Waals surface area contributed by atoms with Crippen molar-refractivity contribution in [1.82, 2.24) is 25.7 Å². The van der Waals surface area contributed by atoms with Gasteiger partial charge in [-0.25, -0.2) is 0 Å². The molecule has 0 bridgehead atoms. The molecule has 0 radical (unpaired) electrons. The molecule has 142 valence electrons. The lowest BCUT2D eigenvalue weighted by Gasteiger charge is -2.12. The van der Waals surface area contributed by atoms with Gasteiger partial charge in [0, 0.05) is 38.9 Å². The van der Waals surface area contributed by atoms with E-state index >= 15 is 0 Å². The van der Waals surface area contributed by atoms with E-state index in [1.807, 2.05) is 48.3 Å². The van der Waals surface area contributed by atoms with Crippen LogP contribution in [0.3, 0.4) is 0 Å². The number of guanidine groups is 1. The molecular weight excluding hydrogens is 443 g/mol. The third-order valence-corrected chi connectivity index (χ3v) is 3.74. The van der Waals surface area contributed by atoms with Crippen molar-refractivity contribution in [1.29, 1.82) is 0 Å². The summed E-state index contributed by atoms with van der Waals surface area (Å²) in [6.45, 7) is 4.28. The standard InChI is InChI=1S/C18H26N6O.HI/c1-14-12-23-24(13-14)10-9-22-18(20-3)21-8-7-15-5-4-6-16(11-15)17(25)19-2;/h4-6,11-13H,7-10H2,1-3H3,(H,19,25)(H2,20,21,22);1H. The SMILES string of the molecule is CN=C(NCCc1cccc(C(=O)NC)c1)NCCn1cc(C)cn1.I. The third kappa shape index (κ3) is 7.03.